The first-order chi connectivity index (χ1) is 9.31. The number of hydrogen-bond donors (Lipinski definition) is 1. The third-order valence-electron chi connectivity index (χ3n) is 4.96. The molecule has 104 valence electrons. The summed E-state index contributed by atoms with van der Waals surface area (Å²) in [5.41, 5.74) is 0. The van der Waals surface area contributed by atoms with Gasteiger partial charge in [-0.25, -0.2) is 0 Å². The van der Waals surface area contributed by atoms with Crippen LogP contribution in [0.5, 0.6) is 0 Å². The van der Waals surface area contributed by atoms with E-state index >= 15 is 0 Å². The Labute approximate surface area is 113 Å². The number of piperidine rings is 2. The van der Waals surface area contributed by atoms with Crippen LogP contribution in [0.1, 0.15) is 44.9 Å². The molecule has 0 aromatic rings. The predicted molar refractivity (Wildman–Crippen MR) is 73.8 cm³/mol. The minimum Gasteiger partial charge on any atom is -0.377 e. The van der Waals surface area contributed by atoms with Gasteiger partial charge in [0.05, 0.1) is 6.10 Å². The zero-order chi connectivity index (χ0) is 13.1. The van der Waals surface area contributed by atoms with Crippen LogP contribution < -0.4 is 5.31 Å². The van der Waals surface area contributed by atoms with Gasteiger partial charge < -0.3 is 10.0 Å². The van der Waals surface area contributed by atoms with Crippen molar-refractivity contribution in [2.45, 2.75) is 57.1 Å². The standard InChI is InChI=1S/C15H28N2O/c1-3-13(4-1)12-18-15-5-2-10-17(11-15)14-6-8-16-9-7-14/h13-16H,1-12H2/i/hD. The normalized spacial score (nSPS) is 34.2. The minimum atomic E-state index is 0.475. The molecule has 18 heavy (non-hydrogen) atoms. The van der Waals surface area contributed by atoms with E-state index in [9.17, 15) is 0 Å². The molecule has 1 unspecified atom stereocenters. The molecule has 2 aliphatic heterocycles. The predicted octanol–water partition coefficient (Wildman–Crippen LogP) is 2.02. The summed E-state index contributed by atoms with van der Waals surface area (Å²) in [4.78, 5) is 2.64. The van der Waals surface area contributed by atoms with Gasteiger partial charge in [0.2, 0.25) is 0 Å². The molecule has 1 saturated carbocycles. The van der Waals surface area contributed by atoms with Crippen LogP contribution in [0.15, 0.2) is 0 Å². The lowest BCUT2D eigenvalue weighted by molar-refractivity contribution is -0.0389. The highest BCUT2D eigenvalue weighted by atomic mass is 16.5. The minimum absolute atomic E-state index is 0.475. The van der Waals surface area contributed by atoms with Crippen molar-refractivity contribution in [1.29, 1.82) is 0 Å². The average molecular weight is 253 g/mol. The lowest BCUT2D eigenvalue weighted by Crippen LogP contribution is -2.49. The van der Waals surface area contributed by atoms with E-state index in [1.165, 1.54) is 51.5 Å². The van der Waals surface area contributed by atoms with Crippen LogP contribution in [0.2, 0.25) is 1.41 Å². The lowest BCUT2D eigenvalue weighted by Gasteiger charge is -2.40. The van der Waals surface area contributed by atoms with E-state index in [4.69, 9.17) is 6.15 Å². The molecule has 3 fully saturated rings. The summed E-state index contributed by atoms with van der Waals surface area (Å²) in [6, 6.07) is 0.705. The number of ether oxygens (including phenoxy) is 1. The maximum atomic E-state index is 7.65. The first kappa shape index (κ1) is 11.7. The Kier molecular flexibility index (Phi) is 4.13. The van der Waals surface area contributed by atoms with Gasteiger partial charge in [-0.15, -0.1) is 0 Å². The van der Waals surface area contributed by atoms with Crippen molar-refractivity contribution in [3.63, 3.8) is 0 Å². The molecule has 0 amide bonds. The summed E-state index contributed by atoms with van der Waals surface area (Å²) in [5.74, 6) is 0.863. The van der Waals surface area contributed by atoms with Gasteiger partial charge in [-0.1, -0.05) is 6.42 Å². The van der Waals surface area contributed by atoms with Gasteiger partial charge in [-0.3, -0.25) is 4.90 Å². The van der Waals surface area contributed by atoms with E-state index in [-0.39, 0.29) is 0 Å². The van der Waals surface area contributed by atoms with Crippen LogP contribution in [-0.2, 0) is 4.74 Å². The largest absolute Gasteiger partial charge is 0.377 e. The Morgan fingerprint density at radius 3 is 2.67 bits per heavy atom. The molecule has 0 spiro atoms. The lowest BCUT2D eigenvalue weighted by atomic mass is 9.86. The second-order valence-corrected chi connectivity index (χ2v) is 6.29. The van der Waals surface area contributed by atoms with Crippen LogP contribution >= 0.6 is 0 Å². The molecule has 2 saturated heterocycles. The summed E-state index contributed by atoms with van der Waals surface area (Å²) >= 11 is 0. The van der Waals surface area contributed by atoms with Gasteiger partial charge in [0.1, 0.15) is 1.41 Å². The van der Waals surface area contributed by atoms with E-state index in [1.54, 1.807) is 5.31 Å². The molecular formula is C15H28N2O. The van der Waals surface area contributed by atoms with Crippen molar-refractivity contribution < 1.29 is 6.15 Å². The average Bonchev–Trinajstić information content (AvgIpc) is 2.38. The quantitative estimate of drug-likeness (QED) is 0.829. The van der Waals surface area contributed by atoms with Crippen molar-refractivity contribution in [3.8, 4) is 0 Å². The number of nitrogens with one attached hydrogen (secondary N) is 1. The molecule has 3 aliphatic rings. The number of hydrogen-bond acceptors (Lipinski definition) is 3. The van der Waals surface area contributed by atoms with Crippen LogP contribution in [0.3, 0.4) is 0 Å². The van der Waals surface area contributed by atoms with Gasteiger partial charge >= 0.3 is 0 Å². The van der Waals surface area contributed by atoms with Gasteiger partial charge in [0.15, 0.2) is 0 Å². The summed E-state index contributed by atoms with van der Waals surface area (Å²) in [6.07, 6.45) is 9.53. The SMILES string of the molecule is [2H]N1CCC(N2CCCC(OCC3CCC3)C2)CC1. The Hall–Kier alpha value is -0.120. The van der Waals surface area contributed by atoms with E-state index in [0.29, 0.717) is 12.1 Å². The Balaban J connectivity index is 1.41. The van der Waals surface area contributed by atoms with Crippen LogP contribution in [-0.4, -0.2) is 49.8 Å². The van der Waals surface area contributed by atoms with Gasteiger partial charge in [0, 0.05) is 19.2 Å². The third kappa shape index (κ3) is 3.25. The zero-order valence-electron chi connectivity index (χ0n) is 12.5. The molecule has 1 atom stereocenters. The molecule has 1 aliphatic carbocycles. The smallest absolute Gasteiger partial charge is 0.122 e. The second kappa shape index (κ2) is 6.36. The number of rotatable bonds is 4. The van der Waals surface area contributed by atoms with Crippen LogP contribution in [0.25, 0.3) is 0 Å². The first-order valence-electron chi connectivity index (χ1n) is 8.35. The highest BCUT2D eigenvalue weighted by Gasteiger charge is 2.28. The maximum absolute atomic E-state index is 7.65. The maximum Gasteiger partial charge on any atom is 0.122 e. The van der Waals surface area contributed by atoms with Gasteiger partial charge in [0.25, 0.3) is 0 Å². The molecular weight excluding hydrogens is 224 g/mol. The fourth-order valence-corrected chi connectivity index (χ4v) is 3.47. The number of nitrogens with zero attached hydrogens (tertiary/aromatic N) is 1. The van der Waals surface area contributed by atoms with Crippen molar-refractivity contribution in [1.82, 2.24) is 10.2 Å². The Morgan fingerprint density at radius 1 is 1.11 bits per heavy atom. The van der Waals surface area contributed by atoms with Crippen molar-refractivity contribution >= 4 is 0 Å². The molecule has 0 bridgehead atoms. The molecule has 0 aromatic heterocycles. The topological polar surface area (TPSA) is 24.5 Å². The Bertz CT molecular complexity index is 277. The first-order valence-corrected chi connectivity index (χ1v) is 7.91. The van der Waals surface area contributed by atoms with Crippen LogP contribution in [0.4, 0.5) is 0 Å². The molecule has 1 N–H and O–H groups in total. The highest BCUT2D eigenvalue weighted by molar-refractivity contribution is 4.83. The van der Waals surface area contributed by atoms with Crippen molar-refractivity contribution in [3.05, 3.63) is 0 Å². The monoisotopic (exact) mass is 253 g/mol. The molecule has 0 radical (unpaired) electrons. The van der Waals surface area contributed by atoms with E-state index in [0.717, 1.165) is 32.2 Å². The molecule has 0 aromatic carbocycles. The molecule has 3 heteroatoms. The van der Waals surface area contributed by atoms with E-state index < -0.39 is 0 Å². The molecule has 3 nitrogen and oxygen atoms in total. The second-order valence-electron chi connectivity index (χ2n) is 6.29. The highest BCUT2D eigenvalue weighted by Crippen LogP contribution is 2.28. The fourth-order valence-electron chi connectivity index (χ4n) is 3.47. The van der Waals surface area contributed by atoms with Gasteiger partial charge in [-0.05, 0) is 64.1 Å². The zero-order valence-corrected chi connectivity index (χ0v) is 11.5. The summed E-state index contributed by atoms with van der Waals surface area (Å²) in [5, 5.41) is 1.71. The van der Waals surface area contributed by atoms with Crippen molar-refractivity contribution in [2.24, 2.45) is 5.92 Å². The molecule has 2 heterocycles. The number of likely N-dealkylation sites (tertiary alicyclic amines) is 1. The Morgan fingerprint density at radius 2 is 1.94 bits per heavy atom. The van der Waals surface area contributed by atoms with Gasteiger partial charge in [-0.2, -0.15) is 0 Å². The third-order valence-corrected chi connectivity index (χ3v) is 4.96. The van der Waals surface area contributed by atoms with E-state index in [1.807, 2.05) is 0 Å². The van der Waals surface area contributed by atoms with Crippen molar-refractivity contribution in [2.75, 3.05) is 32.8 Å². The van der Waals surface area contributed by atoms with Crippen LogP contribution in [0, 0.1) is 5.92 Å². The summed E-state index contributed by atoms with van der Waals surface area (Å²) in [7, 11) is 0. The fraction of sp³-hybridized carbons (Fsp3) is 1.00. The van der Waals surface area contributed by atoms with E-state index in [2.05, 4.69) is 4.90 Å². The molecule has 3 rings (SSSR count). The summed E-state index contributed by atoms with van der Waals surface area (Å²) < 4.78 is 13.8. The summed E-state index contributed by atoms with van der Waals surface area (Å²) in [6.45, 7) is 5.26.